The van der Waals surface area contributed by atoms with Crippen LogP contribution in [-0.4, -0.2) is 22.3 Å². The number of rotatable bonds is 8. The molecule has 6 heteroatoms. The second-order valence-corrected chi connectivity index (χ2v) is 9.90. The van der Waals surface area contributed by atoms with Crippen molar-refractivity contribution in [3.8, 4) is 0 Å². The Morgan fingerprint density at radius 2 is 1.71 bits per heavy atom. The maximum atomic E-state index is 13.8. The maximum Gasteiger partial charge on any atom is 0.257 e. The van der Waals surface area contributed by atoms with E-state index in [-0.39, 0.29) is 5.91 Å². The summed E-state index contributed by atoms with van der Waals surface area (Å²) in [5.41, 5.74) is 6.86. The zero-order chi connectivity index (χ0) is 21.7. The van der Waals surface area contributed by atoms with Crippen LogP contribution in [-0.2, 0) is 11.3 Å². The molecule has 2 fully saturated rings. The first-order chi connectivity index (χ1) is 15.1. The Labute approximate surface area is 185 Å². The van der Waals surface area contributed by atoms with Crippen molar-refractivity contribution in [2.45, 2.75) is 95.6 Å². The molecule has 2 aliphatic carbocycles. The van der Waals surface area contributed by atoms with Gasteiger partial charge in [0.1, 0.15) is 11.2 Å². The van der Waals surface area contributed by atoms with Crippen molar-refractivity contribution in [2.75, 3.05) is 0 Å². The van der Waals surface area contributed by atoms with Crippen LogP contribution in [0.15, 0.2) is 34.4 Å². The minimum atomic E-state index is -0.704. The average molecular weight is 425 g/mol. The number of aliphatic imine (C=N–C) groups is 1. The van der Waals surface area contributed by atoms with Crippen molar-refractivity contribution < 1.29 is 4.79 Å². The Bertz CT molecular complexity index is 811. The van der Waals surface area contributed by atoms with E-state index < -0.39 is 5.54 Å². The Morgan fingerprint density at radius 3 is 2.39 bits per heavy atom. The van der Waals surface area contributed by atoms with E-state index >= 15 is 0 Å². The van der Waals surface area contributed by atoms with E-state index in [0.29, 0.717) is 30.0 Å². The molecule has 0 saturated heterocycles. The largest absolute Gasteiger partial charge is 0.369 e. The van der Waals surface area contributed by atoms with Gasteiger partial charge in [-0.25, -0.2) is 4.99 Å². The highest BCUT2D eigenvalue weighted by molar-refractivity contribution is 6.06. The summed E-state index contributed by atoms with van der Waals surface area (Å²) >= 11 is 0. The van der Waals surface area contributed by atoms with Gasteiger partial charge in [0.05, 0.1) is 6.54 Å². The van der Waals surface area contributed by atoms with Gasteiger partial charge in [-0.2, -0.15) is 0 Å². The number of amides is 1. The molecule has 0 spiro atoms. The van der Waals surface area contributed by atoms with Crippen LogP contribution in [0.3, 0.4) is 0 Å². The van der Waals surface area contributed by atoms with Crippen molar-refractivity contribution in [2.24, 2.45) is 27.7 Å². The molecule has 1 aliphatic heterocycles. The SMILES string of the molecule is NC1=NC(CCC2CCCCC2)(CC2CCCCC2)C(=O)N1Cc1cccc(N=O)c1. The van der Waals surface area contributed by atoms with E-state index in [2.05, 4.69) is 5.18 Å². The average Bonchev–Trinajstić information content (AvgIpc) is 3.03. The van der Waals surface area contributed by atoms with Crippen LogP contribution in [0.5, 0.6) is 0 Å². The van der Waals surface area contributed by atoms with Crippen LogP contribution >= 0.6 is 0 Å². The molecule has 3 aliphatic rings. The third-order valence-electron chi connectivity index (χ3n) is 7.65. The fourth-order valence-electron chi connectivity index (χ4n) is 5.92. The van der Waals surface area contributed by atoms with Gasteiger partial charge in [-0.05, 0) is 54.0 Å². The second kappa shape index (κ2) is 9.92. The molecule has 6 nitrogen and oxygen atoms in total. The standard InChI is InChI=1S/C25H36N4O2/c26-24-27-25(17-20-10-5-2-6-11-20,15-14-19-8-3-1-4-9-19)23(30)29(24)18-21-12-7-13-22(16-21)28-31/h7,12-13,16,19-20H,1-6,8-11,14-15,17-18H2,(H2,26,27). The fraction of sp³-hybridized carbons (Fsp3) is 0.680. The van der Waals surface area contributed by atoms with Crippen molar-refractivity contribution in [3.63, 3.8) is 0 Å². The van der Waals surface area contributed by atoms with Crippen LogP contribution in [0, 0.1) is 16.7 Å². The number of nitrogens with two attached hydrogens (primary N) is 1. The summed E-state index contributed by atoms with van der Waals surface area (Å²) in [5.74, 6) is 1.65. The zero-order valence-electron chi connectivity index (χ0n) is 18.6. The summed E-state index contributed by atoms with van der Waals surface area (Å²) in [4.78, 5) is 31.2. The van der Waals surface area contributed by atoms with Crippen LogP contribution in [0.2, 0.25) is 0 Å². The van der Waals surface area contributed by atoms with Gasteiger partial charge in [0, 0.05) is 0 Å². The molecule has 0 radical (unpaired) electrons. The van der Waals surface area contributed by atoms with Crippen LogP contribution in [0.4, 0.5) is 5.69 Å². The summed E-state index contributed by atoms with van der Waals surface area (Å²) < 4.78 is 0. The van der Waals surface area contributed by atoms with Crippen LogP contribution in [0.25, 0.3) is 0 Å². The fourth-order valence-corrected chi connectivity index (χ4v) is 5.92. The van der Waals surface area contributed by atoms with Gasteiger partial charge in [0.2, 0.25) is 0 Å². The molecule has 2 saturated carbocycles. The van der Waals surface area contributed by atoms with Gasteiger partial charge < -0.3 is 5.73 Å². The van der Waals surface area contributed by atoms with Crippen molar-refractivity contribution in [3.05, 3.63) is 34.7 Å². The van der Waals surface area contributed by atoms with Gasteiger partial charge in [0.15, 0.2) is 5.96 Å². The first-order valence-corrected chi connectivity index (χ1v) is 12.2. The van der Waals surface area contributed by atoms with Crippen molar-refractivity contribution in [1.29, 1.82) is 0 Å². The number of benzene rings is 1. The normalized spacial score (nSPS) is 25.6. The van der Waals surface area contributed by atoms with E-state index in [9.17, 15) is 9.70 Å². The van der Waals surface area contributed by atoms with Gasteiger partial charge in [-0.15, -0.1) is 4.91 Å². The predicted molar refractivity (Wildman–Crippen MR) is 124 cm³/mol. The second-order valence-electron chi connectivity index (χ2n) is 9.90. The molecule has 2 N–H and O–H groups in total. The third kappa shape index (κ3) is 5.16. The van der Waals surface area contributed by atoms with E-state index in [1.807, 2.05) is 6.07 Å². The lowest BCUT2D eigenvalue weighted by atomic mass is 9.75. The highest BCUT2D eigenvalue weighted by atomic mass is 16.3. The molecule has 1 unspecified atom stereocenters. The summed E-state index contributed by atoms with van der Waals surface area (Å²) in [7, 11) is 0. The van der Waals surface area contributed by atoms with Crippen molar-refractivity contribution in [1.82, 2.24) is 4.90 Å². The maximum absolute atomic E-state index is 13.8. The van der Waals surface area contributed by atoms with Crippen LogP contribution in [0.1, 0.15) is 89.0 Å². The lowest BCUT2D eigenvalue weighted by Crippen LogP contribution is -2.45. The molecule has 1 aromatic rings. The topological polar surface area (TPSA) is 88.1 Å². The third-order valence-corrected chi connectivity index (χ3v) is 7.65. The Balaban J connectivity index is 1.52. The molecular formula is C25H36N4O2. The molecule has 1 heterocycles. The zero-order valence-corrected chi connectivity index (χ0v) is 18.6. The molecule has 0 bridgehead atoms. The highest BCUT2D eigenvalue weighted by Crippen LogP contribution is 2.41. The van der Waals surface area contributed by atoms with Gasteiger partial charge in [0.25, 0.3) is 5.91 Å². The molecule has 1 amide bonds. The Kier molecular flexibility index (Phi) is 7.03. The molecule has 168 valence electrons. The smallest absolute Gasteiger partial charge is 0.257 e. The first kappa shape index (κ1) is 22.0. The highest BCUT2D eigenvalue weighted by Gasteiger charge is 2.48. The van der Waals surface area contributed by atoms with Gasteiger partial charge in [-0.3, -0.25) is 9.69 Å². The van der Waals surface area contributed by atoms with E-state index in [0.717, 1.165) is 24.8 Å². The summed E-state index contributed by atoms with van der Waals surface area (Å²) in [6.45, 7) is 0.341. The van der Waals surface area contributed by atoms with E-state index in [1.165, 1.54) is 64.2 Å². The number of hydrogen-bond acceptors (Lipinski definition) is 5. The Hall–Kier alpha value is -2.24. The monoisotopic (exact) mass is 424 g/mol. The quantitative estimate of drug-likeness (QED) is 0.534. The molecule has 1 aromatic carbocycles. The number of nitroso groups, excluding NO2 is 1. The number of carbonyl (C=O) groups excluding carboxylic acids is 1. The van der Waals surface area contributed by atoms with Crippen molar-refractivity contribution >= 4 is 17.6 Å². The minimum Gasteiger partial charge on any atom is -0.369 e. The minimum absolute atomic E-state index is 0.0517. The number of hydrogen-bond donors (Lipinski definition) is 1. The molecule has 4 rings (SSSR count). The predicted octanol–water partition coefficient (Wildman–Crippen LogP) is 5.81. The first-order valence-electron chi connectivity index (χ1n) is 12.2. The molecular weight excluding hydrogens is 388 g/mol. The summed E-state index contributed by atoms with van der Waals surface area (Å²) in [6, 6.07) is 7.07. The lowest BCUT2D eigenvalue weighted by Gasteiger charge is -2.33. The van der Waals surface area contributed by atoms with E-state index in [4.69, 9.17) is 10.7 Å². The number of guanidine groups is 1. The molecule has 31 heavy (non-hydrogen) atoms. The Morgan fingerprint density at radius 1 is 1.03 bits per heavy atom. The number of nitrogens with zero attached hydrogens (tertiary/aromatic N) is 3. The lowest BCUT2D eigenvalue weighted by molar-refractivity contribution is -0.132. The summed E-state index contributed by atoms with van der Waals surface area (Å²) in [6.07, 6.45) is 15.4. The van der Waals surface area contributed by atoms with Crippen LogP contribution < -0.4 is 5.73 Å². The molecule has 1 atom stereocenters. The van der Waals surface area contributed by atoms with Gasteiger partial charge >= 0.3 is 0 Å². The molecule has 0 aromatic heterocycles. The number of carbonyl (C=O) groups is 1. The summed E-state index contributed by atoms with van der Waals surface area (Å²) in [5, 5.41) is 3.02. The van der Waals surface area contributed by atoms with E-state index in [1.54, 1.807) is 23.1 Å². The van der Waals surface area contributed by atoms with Gasteiger partial charge in [-0.1, -0.05) is 76.3 Å².